The van der Waals surface area contributed by atoms with Crippen LogP contribution in [0.2, 0.25) is 5.02 Å². The summed E-state index contributed by atoms with van der Waals surface area (Å²) in [6, 6.07) is 23.9. The van der Waals surface area contributed by atoms with Gasteiger partial charge in [-0.25, -0.2) is 9.80 Å². The molecule has 0 radical (unpaired) electrons. The largest absolute Gasteiger partial charge is 0.490 e. The normalized spacial score (nSPS) is 15.4. The van der Waals surface area contributed by atoms with Gasteiger partial charge in [-0.3, -0.25) is 4.79 Å². The predicted octanol–water partition coefficient (Wildman–Crippen LogP) is 4.80. The van der Waals surface area contributed by atoms with Crippen LogP contribution in [0.15, 0.2) is 101 Å². The van der Waals surface area contributed by atoms with Crippen molar-refractivity contribution >= 4 is 35.1 Å². The highest BCUT2D eigenvalue weighted by molar-refractivity contribution is 6.30. The number of hydrazone groups is 1. The number of carbonyl (C=O) groups is 2. The molecule has 1 heterocycles. The fraction of sp³-hybridized carbons (Fsp3) is 0.172. The van der Waals surface area contributed by atoms with E-state index in [9.17, 15) is 9.59 Å². The van der Waals surface area contributed by atoms with Gasteiger partial charge in [0, 0.05) is 22.6 Å². The number of benzene rings is 3. The van der Waals surface area contributed by atoms with E-state index in [1.54, 1.807) is 42.3 Å². The molecule has 194 valence electrons. The number of guanidine groups is 1. The number of aliphatic imine (C=N–C) groups is 1. The van der Waals surface area contributed by atoms with E-state index in [1.807, 2.05) is 54.6 Å². The third-order valence-corrected chi connectivity index (χ3v) is 5.98. The quantitative estimate of drug-likeness (QED) is 0.194. The third-order valence-electron chi connectivity index (χ3n) is 5.72. The number of amides is 1. The molecule has 8 nitrogen and oxygen atoms in total. The van der Waals surface area contributed by atoms with E-state index >= 15 is 0 Å². The highest BCUT2D eigenvalue weighted by Crippen LogP contribution is 2.29. The maximum atomic E-state index is 12.6. The molecule has 0 bridgehead atoms. The van der Waals surface area contributed by atoms with Crippen LogP contribution < -0.4 is 10.5 Å². The fourth-order valence-corrected chi connectivity index (χ4v) is 4.00. The van der Waals surface area contributed by atoms with Gasteiger partial charge < -0.3 is 15.2 Å². The zero-order valence-electron chi connectivity index (χ0n) is 20.8. The standard InChI is InChI=1S/C29H27ClN4O4/c1-2-37-26(35)9-6-18-38-24-16-12-21(13-17-24)27-25(20-7-4-3-5-8-20)19-34(33-27)29(31)32-28(36)22-10-14-23(30)15-11-22/h3-17,25H,2,18-19H2,1H3,(H2,31,32,36)/b9-6+. The van der Waals surface area contributed by atoms with Crippen molar-refractivity contribution in [1.82, 2.24) is 5.01 Å². The molecule has 1 unspecified atom stereocenters. The number of hydrogen-bond donors (Lipinski definition) is 1. The Morgan fingerprint density at radius 3 is 2.47 bits per heavy atom. The van der Waals surface area contributed by atoms with Crippen molar-refractivity contribution in [3.8, 4) is 5.75 Å². The van der Waals surface area contributed by atoms with Gasteiger partial charge in [-0.15, -0.1) is 0 Å². The summed E-state index contributed by atoms with van der Waals surface area (Å²) in [7, 11) is 0. The molecule has 0 aliphatic carbocycles. The zero-order chi connectivity index (χ0) is 26.9. The SMILES string of the molecule is CCOC(=O)/C=C/COc1ccc(C2=NN(C(N)=NC(=O)c3ccc(Cl)cc3)CC2c2ccccc2)cc1. The molecule has 4 rings (SSSR count). The van der Waals surface area contributed by atoms with Crippen molar-refractivity contribution in [2.75, 3.05) is 19.8 Å². The van der Waals surface area contributed by atoms with Gasteiger partial charge in [-0.05, 0) is 72.7 Å². The van der Waals surface area contributed by atoms with Crippen molar-refractivity contribution < 1.29 is 19.1 Å². The lowest BCUT2D eigenvalue weighted by molar-refractivity contribution is -0.137. The highest BCUT2D eigenvalue weighted by atomic mass is 35.5. The monoisotopic (exact) mass is 530 g/mol. The van der Waals surface area contributed by atoms with Gasteiger partial charge in [0.25, 0.3) is 5.91 Å². The smallest absolute Gasteiger partial charge is 0.330 e. The lowest BCUT2D eigenvalue weighted by atomic mass is 9.90. The summed E-state index contributed by atoms with van der Waals surface area (Å²) in [4.78, 5) is 28.1. The summed E-state index contributed by atoms with van der Waals surface area (Å²) in [6.07, 6.45) is 2.94. The van der Waals surface area contributed by atoms with Crippen LogP contribution in [0.4, 0.5) is 0 Å². The van der Waals surface area contributed by atoms with Crippen LogP contribution in [0, 0.1) is 0 Å². The first kappa shape index (κ1) is 26.6. The Morgan fingerprint density at radius 1 is 1.08 bits per heavy atom. The first-order chi connectivity index (χ1) is 18.4. The maximum Gasteiger partial charge on any atom is 0.330 e. The van der Waals surface area contributed by atoms with Gasteiger partial charge in [-0.2, -0.15) is 10.1 Å². The van der Waals surface area contributed by atoms with Crippen LogP contribution in [0.1, 0.15) is 34.3 Å². The van der Waals surface area contributed by atoms with E-state index in [0.29, 0.717) is 29.5 Å². The van der Waals surface area contributed by atoms with E-state index < -0.39 is 11.9 Å². The Labute approximate surface area is 226 Å². The Morgan fingerprint density at radius 2 is 1.79 bits per heavy atom. The van der Waals surface area contributed by atoms with Crippen molar-refractivity contribution in [1.29, 1.82) is 0 Å². The van der Waals surface area contributed by atoms with E-state index in [2.05, 4.69) is 4.99 Å². The van der Waals surface area contributed by atoms with E-state index in [1.165, 1.54) is 6.08 Å². The molecule has 9 heteroatoms. The Hall–Kier alpha value is -4.43. The number of hydrogen-bond acceptors (Lipinski definition) is 5. The van der Waals surface area contributed by atoms with Crippen molar-refractivity contribution in [2.24, 2.45) is 15.8 Å². The zero-order valence-corrected chi connectivity index (χ0v) is 21.5. The van der Waals surface area contributed by atoms with Crippen LogP contribution in [0.25, 0.3) is 0 Å². The summed E-state index contributed by atoms with van der Waals surface area (Å²) < 4.78 is 10.5. The van der Waals surface area contributed by atoms with Gasteiger partial charge in [0.1, 0.15) is 12.4 Å². The Balaban J connectivity index is 1.52. The molecule has 1 aliphatic rings. The number of halogens is 1. The number of rotatable bonds is 8. The second-order valence-corrected chi connectivity index (χ2v) is 8.74. The molecule has 3 aromatic rings. The van der Waals surface area contributed by atoms with Crippen LogP contribution in [-0.4, -0.2) is 48.3 Å². The average molecular weight is 531 g/mol. The lowest BCUT2D eigenvalue weighted by Crippen LogP contribution is -2.33. The molecular formula is C29H27ClN4O4. The molecule has 0 saturated carbocycles. The number of ether oxygens (including phenoxy) is 2. The molecule has 1 atom stereocenters. The van der Waals surface area contributed by atoms with Gasteiger partial charge >= 0.3 is 5.97 Å². The van der Waals surface area contributed by atoms with Gasteiger partial charge in [-0.1, -0.05) is 41.9 Å². The molecule has 0 spiro atoms. The van der Waals surface area contributed by atoms with Crippen molar-refractivity contribution in [3.63, 3.8) is 0 Å². The van der Waals surface area contributed by atoms with E-state index in [4.69, 9.17) is 31.9 Å². The second kappa shape index (κ2) is 12.7. The first-order valence-corrected chi connectivity index (χ1v) is 12.4. The topological polar surface area (TPSA) is 107 Å². The molecule has 38 heavy (non-hydrogen) atoms. The summed E-state index contributed by atoms with van der Waals surface area (Å²) in [6.45, 7) is 2.74. The third kappa shape index (κ3) is 6.86. The van der Waals surface area contributed by atoms with Crippen LogP contribution in [0.5, 0.6) is 5.75 Å². The minimum Gasteiger partial charge on any atom is -0.490 e. The Bertz CT molecular complexity index is 1350. The van der Waals surface area contributed by atoms with Crippen molar-refractivity contribution in [3.05, 3.63) is 113 Å². The molecule has 0 aromatic heterocycles. The summed E-state index contributed by atoms with van der Waals surface area (Å²) in [5, 5.41) is 6.81. The van der Waals surface area contributed by atoms with E-state index in [0.717, 1.165) is 16.8 Å². The Kier molecular flexibility index (Phi) is 8.89. The predicted molar refractivity (Wildman–Crippen MR) is 148 cm³/mol. The average Bonchev–Trinajstić information content (AvgIpc) is 3.38. The molecule has 1 amide bonds. The summed E-state index contributed by atoms with van der Waals surface area (Å²) >= 11 is 5.91. The van der Waals surface area contributed by atoms with Crippen LogP contribution in [0.3, 0.4) is 0 Å². The number of nitrogens with zero attached hydrogens (tertiary/aromatic N) is 3. The van der Waals surface area contributed by atoms with Crippen LogP contribution >= 0.6 is 11.6 Å². The molecule has 0 fully saturated rings. The number of esters is 1. The first-order valence-electron chi connectivity index (χ1n) is 12.1. The minimum atomic E-state index is -0.474. The molecule has 1 aliphatic heterocycles. The fourth-order valence-electron chi connectivity index (χ4n) is 3.87. The number of nitrogens with two attached hydrogens (primary N) is 1. The summed E-state index contributed by atoms with van der Waals surface area (Å²) in [5.41, 5.74) is 9.35. The van der Waals surface area contributed by atoms with Crippen molar-refractivity contribution in [2.45, 2.75) is 12.8 Å². The lowest BCUT2D eigenvalue weighted by Gasteiger charge is -2.15. The second-order valence-electron chi connectivity index (χ2n) is 8.30. The molecule has 3 aromatic carbocycles. The van der Waals surface area contributed by atoms with Gasteiger partial charge in [0.05, 0.1) is 18.9 Å². The van der Waals surface area contributed by atoms with E-state index in [-0.39, 0.29) is 18.5 Å². The number of carbonyl (C=O) groups excluding carboxylic acids is 2. The minimum absolute atomic E-state index is 0.00854. The summed E-state index contributed by atoms with van der Waals surface area (Å²) in [5.74, 6) is -0.315. The highest BCUT2D eigenvalue weighted by Gasteiger charge is 2.31. The van der Waals surface area contributed by atoms with Gasteiger partial charge in [0.15, 0.2) is 0 Å². The maximum absolute atomic E-state index is 12.6. The van der Waals surface area contributed by atoms with Crippen LogP contribution in [-0.2, 0) is 9.53 Å². The van der Waals surface area contributed by atoms with Gasteiger partial charge in [0.2, 0.25) is 5.96 Å². The molecule has 2 N–H and O–H groups in total. The molecule has 0 saturated heterocycles. The molecular weight excluding hydrogens is 504 g/mol.